The molecule has 0 bridgehead atoms. The molecule has 1 unspecified atom stereocenters. The molecule has 8 nitrogen and oxygen atoms in total. The Kier molecular flexibility index (Phi) is 5.41. The molecule has 2 aliphatic rings. The number of likely N-dealkylation sites (tertiary alicyclic amines) is 2. The summed E-state index contributed by atoms with van der Waals surface area (Å²) in [6.45, 7) is 2.41. The maximum absolute atomic E-state index is 12.6. The first-order valence-electron chi connectivity index (χ1n) is 10.7. The lowest BCUT2D eigenvalue weighted by atomic mass is 10.1. The number of fused-ring (bicyclic) bond motifs is 1. The number of aromatic amines is 1. The van der Waals surface area contributed by atoms with Crippen LogP contribution >= 0.6 is 11.6 Å². The number of amides is 2. The van der Waals surface area contributed by atoms with E-state index in [-0.39, 0.29) is 12.1 Å². The van der Waals surface area contributed by atoms with E-state index in [4.69, 9.17) is 16.6 Å². The molecule has 1 aromatic carbocycles. The lowest BCUT2D eigenvalue weighted by Crippen LogP contribution is -2.48. The first-order chi connectivity index (χ1) is 15.1. The van der Waals surface area contributed by atoms with Crippen LogP contribution in [0, 0.1) is 0 Å². The molecule has 0 radical (unpaired) electrons. The summed E-state index contributed by atoms with van der Waals surface area (Å²) in [6, 6.07) is 8.25. The zero-order valence-corrected chi connectivity index (χ0v) is 17.8. The van der Waals surface area contributed by atoms with Crippen LogP contribution in [0.15, 0.2) is 36.7 Å². The van der Waals surface area contributed by atoms with Gasteiger partial charge in [-0.2, -0.15) is 0 Å². The molecule has 0 saturated carbocycles. The fourth-order valence-corrected chi connectivity index (χ4v) is 4.60. The van der Waals surface area contributed by atoms with Gasteiger partial charge in [0, 0.05) is 54.9 Å². The van der Waals surface area contributed by atoms with Crippen molar-refractivity contribution in [3.05, 3.63) is 41.7 Å². The molecule has 2 saturated heterocycles. The highest BCUT2D eigenvalue weighted by molar-refractivity contribution is 6.33. The van der Waals surface area contributed by atoms with Crippen LogP contribution in [0.1, 0.15) is 19.3 Å². The average molecular weight is 441 g/mol. The number of hydrogen-bond donors (Lipinski definition) is 3. The highest BCUT2D eigenvalue weighted by atomic mass is 35.5. The molecular formula is C22H25ClN6O2. The molecule has 4 heterocycles. The summed E-state index contributed by atoms with van der Waals surface area (Å²) in [7, 11) is 0. The number of rotatable bonds is 3. The molecule has 2 fully saturated rings. The van der Waals surface area contributed by atoms with Gasteiger partial charge < -0.3 is 25.2 Å². The third-order valence-electron chi connectivity index (χ3n) is 6.12. The number of aromatic nitrogens is 3. The number of halogens is 1. The van der Waals surface area contributed by atoms with Crippen molar-refractivity contribution in [2.75, 3.05) is 31.5 Å². The normalized spacial score (nSPS) is 19.9. The second-order valence-corrected chi connectivity index (χ2v) is 8.62. The Bertz CT molecular complexity index is 1090. The van der Waals surface area contributed by atoms with E-state index >= 15 is 0 Å². The predicted octanol–water partition coefficient (Wildman–Crippen LogP) is 3.34. The van der Waals surface area contributed by atoms with Crippen molar-refractivity contribution in [1.82, 2.24) is 24.8 Å². The molecular weight excluding hydrogens is 416 g/mol. The zero-order chi connectivity index (χ0) is 21.4. The number of aliphatic hydroxyl groups is 1. The maximum Gasteiger partial charge on any atom is 0.320 e. The van der Waals surface area contributed by atoms with E-state index in [2.05, 4.69) is 15.3 Å². The van der Waals surface area contributed by atoms with Gasteiger partial charge >= 0.3 is 6.03 Å². The summed E-state index contributed by atoms with van der Waals surface area (Å²) in [6.07, 6.45) is 5.45. The summed E-state index contributed by atoms with van der Waals surface area (Å²) in [5.41, 5.74) is 2.67. The van der Waals surface area contributed by atoms with Crippen molar-refractivity contribution in [2.45, 2.75) is 31.4 Å². The first-order valence-corrected chi connectivity index (χ1v) is 11.0. The number of β-amino-alcohol motifs (C(OH)–C–C–N with tert-alkyl or cyclic N) is 1. The van der Waals surface area contributed by atoms with Crippen LogP contribution in [0.5, 0.6) is 0 Å². The molecule has 0 spiro atoms. The summed E-state index contributed by atoms with van der Waals surface area (Å²) in [4.78, 5) is 28.5. The lowest BCUT2D eigenvalue weighted by Gasteiger charge is -2.34. The Labute approximate surface area is 185 Å². The highest BCUT2D eigenvalue weighted by Gasteiger charge is 2.30. The minimum atomic E-state index is -0.392. The number of H-pyrrole nitrogens is 1. The van der Waals surface area contributed by atoms with Gasteiger partial charge in [0.25, 0.3) is 0 Å². The van der Waals surface area contributed by atoms with Crippen molar-refractivity contribution >= 4 is 34.5 Å². The fourth-order valence-electron chi connectivity index (χ4n) is 4.41. The molecule has 0 aliphatic carbocycles. The number of nitrogens with one attached hydrogen (secondary N) is 2. The molecule has 2 aromatic heterocycles. The highest BCUT2D eigenvalue weighted by Crippen LogP contribution is 2.32. The van der Waals surface area contributed by atoms with Gasteiger partial charge in [0.15, 0.2) is 0 Å². The van der Waals surface area contributed by atoms with Crippen LogP contribution in [-0.2, 0) is 0 Å². The summed E-state index contributed by atoms with van der Waals surface area (Å²) >= 11 is 6.42. The van der Waals surface area contributed by atoms with Crippen LogP contribution < -0.4 is 5.32 Å². The summed E-state index contributed by atoms with van der Waals surface area (Å²) in [5.74, 6) is 0.539. The molecule has 2 amide bonds. The third kappa shape index (κ3) is 4.05. The van der Waals surface area contributed by atoms with Gasteiger partial charge in [-0.05, 0) is 25.3 Å². The number of anilines is 1. The Hall–Kier alpha value is -2.84. The molecule has 9 heteroatoms. The number of carbonyl (C=O) groups excluding carboxylic acids is 1. The number of nitrogens with zero attached hydrogens (tertiary/aromatic N) is 4. The number of para-hydroxylation sites is 1. The summed E-state index contributed by atoms with van der Waals surface area (Å²) < 4.78 is 0. The number of benzene rings is 1. The SMILES string of the molecule is O=C(N1CCC(Nc2ncc(Cl)c(-c3c[nH]c4ccccc34)n2)CC1)N1CCC(O)C1. The minimum Gasteiger partial charge on any atom is -0.391 e. The third-order valence-corrected chi connectivity index (χ3v) is 6.40. The molecule has 31 heavy (non-hydrogen) atoms. The van der Waals surface area contributed by atoms with Gasteiger partial charge in [0.1, 0.15) is 0 Å². The van der Waals surface area contributed by atoms with Gasteiger partial charge in [0.2, 0.25) is 5.95 Å². The smallest absolute Gasteiger partial charge is 0.320 e. The average Bonchev–Trinajstić information content (AvgIpc) is 3.41. The van der Waals surface area contributed by atoms with E-state index in [0.717, 1.165) is 29.3 Å². The molecule has 162 valence electrons. The van der Waals surface area contributed by atoms with Crippen molar-refractivity contribution in [3.8, 4) is 11.3 Å². The van der Waals surface area contributed by atoms with Crippen LogP contribution in [0.2, 0.25) is 5.02 Å². The standard InChI is InChI=1S/C22H25ClN6O2/c23-18-12-25-21(27-20(18)17-11-24-19-4-2-1-3-16(17)19)26-14-5-8-28(9-6-14)22(31)29-10-7-15(30)13-29/h1-4,11-12,14-15,24,30H,5-10,13H2,(H,25,26,27). The first kappa shape index (κ1) is 20.1. The van der Waals surface area contributed by atoms with Gasteiger partial charge in [0.05, 0.1) is 23.0 Å². The predicted molar refractivity (Wildman–Crippen MR) is 120 cm³/mol. The quantitative estimate of drug-likeness (QED) is 0.580. The summed E-state index contributed by atoms with van der Waals surface area (Å²) in [5, 5.41) is 14.7. The van der Waals surface area contributed by atoms with Crippen LogP contribution in [0.4, 0.5) is 10.7 Å². The van der Waals surface area contributed by atoms with Crippen LogP contribution in [0.3, 0.4) is 0 Å². The lowest BCUT2D eigenvalue weighted by molar-refractivity contribution is 0.137. The van der Waals surface area contributed by atoms with E-state index in [1.807, 2.05) is 35.4 Å². The largest absolute Gasteiger partial charge is 0.391 e. The van der Waals surface area contributed by atoms with Gasteiger partial charge in [-0.3, -0.25) is 0 Å². The molecule has 3 N–H and O–H groups in total. The minimum absolute atomic E-state index is 0.0272. The van der Waals surface area contributed by atoms with Gasteiger partial charge in [-0.25, -0.2) is 14.8 Å². The monoisotopic (exact) mass is 440 g/mol. The number of piperidine rings is 1. The Balaban J connectivity index is 1.25. The Morgan fingerprint density at radius 2 is 1.94 bits per heavy atom. The number of hydrogen-bond acceptors (Lipinski definition) is 5. The molecule has 3 aromatic rings. The van der Waals surface area contributed by atoms with Crippen molar-refractivity contribution in [3.63, 3.8) is 0 Å². The van der Waals surface area contributed by atoms with E-state index < -0.39 is 6.10 Å². The van der Waals surface area contributed by atoms with Crippen LogP contribution in [0.25, 0.3) is 22.2 Å². The molecule has 5 rings (SSSR count). The van der Waals surface area contributed by atoms with Gasteiger partial charge in [-0.1, -0.05) is 29.8 Å². The number of carbonyl (C=O) groups is 1. The second kappa shape index (κ2) is 8.36. The number of urea groups is 1. The fraction of sp³-hybridized carbons (Fsp3) is 0.409. The maximum atomic E-state index is 12.6. The second-order valence-electron chi connectivity index (χ2n) is 8.21. The van der Waals surface area contributed by atoms with Crippen LogP contribution in [-0.4, -0.2) is 74.2 Å². The van der Waals surface area contributed by atoms with E-state index in [9.17, 15) is 9.90 Å². The van der Waals surface area contributed by atoms with E-state index in [1.54, 1.807) is 11.1 Å². The van der Waals surface area contributed by atoms with Crippen molar-refractivity contribution < 1.29 is 9.90 Å². The zero-order valence-electron chi connectivity index (χ0n) is 17.1. The van der Waals surface area contributed by atoms with Crippen molar-refractivity contribution in [1.29, 1.82) is 0 Å². The molecule has 1 atom stereocenters. The molecule has 2 aliphatic heterocycles. The van der Waals surface area contributed by atoms with E-state index in [0.29, 0.717) is 49.3 Å². The van der Waals surface area contributed by atoms with Gasteiger partial charge in [-0.15, -0.1) is 0 Å². The number of aliphatic hydroxyl groups excluding tert-OH is 1. The topological polar surface area (TPSA) is 97.4 Å². The van der Waals surface area contributed by atoms with Crippen molar-refractivity contribution in [2.24, 2.45) is 0 Å². The Morgan fingerprint density at radius 1 is 1.16 bits per heavy atom. The van der Waals surface area contributed by atoms with E-state index in [1.165, 1.54) is 0 Å². The Morgan fingerprint density at radius 3 is 2.71 bits per heavy atom.